The highest BCUT2D eigenvalue weighted by molar-refractivity contribution is 5.61. The van der Waals surface area contributed by atoms with Gasteiger partial charge in [0, 0.05) is 24.5 Å². The van der Waals surface area contributed by atoms with E-state index in [9.17, 15) is 0 Å². The molecule has 0 amide bonds. The van der Waals surface area contributed by atoms with E-state index in [1.165, 1.54) is 11.1 Å². The number of halogens is 1. The predicted molar refractivity (Wildman–Crippen MR) is 60.1 cm³/mol. The van der Waals surface area contributed by atoms with Crippen LogP contribution in [0.1, 0.15) is 0 Å². The zero-order valence-electron chi connectivity index (χ0n) is 8.88. The number of hydrogen-bond acceptors (Lipinski definition) is 1. The molecule has 0 radical (unpaired) electrons. The summed E-state index contributed by atoms with van der Waals surface area (Å²) >= 11 is 0. The topological polar surface area (TPSA) is 16.8 Å². The predicted octanol–water partition coefficient (Wildman–Crippen LogP) is -0.774. The van der Waals surface area contributed by atoms with Crippen LogP contribution >= 0.6 is 0 Å². The third kappa shape index (κ3) is 2.91. The quantitative estimate of drug-likeness (QED) is 0.502. The van der Waals surface area contributed by atoms with E-state index in [4.69, 9.17) is 0 Å². The highest BCUT2D eigenvalue weighted by Crippen LogP contribution is 2.15. The second-order valence-corrected chi connectivity index (χ2v) is 3.31. The molecular formula is C13H13ClN2. The molecule has 16 heavy (non-hydrogen) atoms. The highest BCUT2D eigenvalue weighted by Gasteiger charge is 2.00. The van der Waals surface area contributed by atoms with E-state index in [1.807, 2.05) is 18.2 Å². The summed E-state index contributed by atoms with van der Waals surface area (Å²) in [5.41, 5.74) is 2.40. The van der Waals surface area contributed by atoms with Crippen molar-refractivity contribution in [1.82, 2.24) is 4.98 Å². The third-order valence-corrected chi connectivity index (χ3v) is 2.24. The maximum absolute atomic E-state index is 4.00. The fourth-order valence-electron chi connectivity index (χ4n) is 1.46. The molecule has 0 aliphatic rings. The number of allylic oxidation sites excluding steroid dienone is 1. The summed E-state index contributed by atoms with van der Waals surface area (Å²) in [5, 5.41) is 0. The molecule has 2 rings (SSSR count). The Hall–Kier alpha value is -1.67. The second-order valence-electron chi connectivity index (χ2n) is 3.31. The monoisotopic (exact) mass is 232 g/mol. The van der Waals surface area contributed by atoms with Crippen molar-refractivity contribution in [2.45, 2.75) is 6.54 Å². The highest BCUT2D eigenvalue weighted by atomic mass is 35.5. The Morgan fingerprint density at radius 3 is 2.19 bits per heavy atom. The Morgan fingerprint density at radius 1 is 1.06 bits per heavy atom. The Balaban J connectivity index is 0.00000128. The standard InChI is InChI=1S/C13H13N2.ClH/c1-2-9-15-10-5-13(6-11-15)12-3-7-14-8-4-12;/h2-8,10-11H,1,9H2;1H/q+1;/p-1. The lowest BCUT2D eigenvalue weighted by Crippen LogP contribution is -3.00. The van der Waals surface area contributed by atoms with Gasteiger partial charge in [0.2, 0.25) is 0 Å². The Kier molecular flexibility index (Phi) is 4.67. The van der Waals surface area contributed by atoms with Gasteiger partial charge in [-0.3, -0.25) is 4.98 Å². The first-order chi connectivity index (χ1) is 7.40. The largest absolute Gasteiger partial charge is 1.00 e. The molecule has 0 saturated heterocycles. The van der Waals surface area contributed by atoms with E-state index in [1.54, 1.807) is 12.4 Å². The van der Waals surface area contributed by atoms with Crippen molar-refractivity contribution in [3.05, 3.63) is 61.7 Å². The summed E-state index contributed by atoms with van der Waals surface area (Å²) in [5.74, 6) is 0. The third-order valence-electron chi connectivity index (χ3n) is 2.24. The fourth-order valence-corrected chi connectivity index (χ4v) is 1.46. The number of hydrogen-bond donors (Lipinski definition) is 0. The van der Waals surface area contributed by atoms with Gasteiger partial charge >= 0.3 is 0 Å². The molecule has 3 heteroatoms. The van der Waals surface area contributed by atoms with Gasteiger partial charge in [0.05, 0.1) is 0 Å². The smallest absolute Gasteiger partial charge is 0.169 e. The van der Waals surface area contributed by atoms with Gasteiger partial charge in [-0.05, 0) is 29.3 Å². The average molecular weight is 233 g/mol. The van der Waals surface area contributed by atoms with Crippen LogP contribution in [0.4, 0.5) is 0 Å². The van der Waals surface area contributed by atoms with E-state index in [0.29, 0.717) is 0 Å². The van der Waals surface area contributed by atoms with E-state index in [-0.39, 0.29) is 12.4 Å². The summed E-state index contributed by atoms with van der Waals surface area (Å²) < 4.78 is 2.08. The minimum absolute atomic E-state index is 0. The summed E-state index contributed by atoms with van der Waals surface area (Å²) in [6.07, 6.45) is 9.60. The number of rotatable bonds is 3. The van der Waals surface area contributed by atoms with Crippen LogP contribution in [-0.2, 0) is 6.54 Å². The fraction of sp³-hybridized carbons (Fsp3) is 0.0769. The zero-order valence-corrected chi connectivity index (χ0v) is 9.64. The molecule has 0 N–H and O–H groups in total. The van der Waals surface area contributed by atoms with Crippen LogP contribution in [0.5, 0.6) is 0 Å². The average Bonchev–Trinajstić information content (AvgIpc) is 2.32. The lowest BCUT2D eigenvalue weighted by Gasteiger charge is -1.99. The van der Waals surface area contributed by atoms with Crippen LogP contribution in [-0.4, -0.2) is 4.98 Å². The van der Waals surface area contributed by atoms with Crippen molar-refractivity contribution >= 4 is 0 Å². The molecule has 2 aromatic rings. The van der Waals surface area contributed by atoms with Gasteiger partial charge in [0.15, 0.2) is 18.9 Å². The number of aromatic nitrogens is 2. The second kappa shape index (κ2) is 6.03. The van der Waals surface area contributed by atoms with Crippen LogP contribution in [0.3, 0.4) is 0 Å². The molecule has 0 aliphatic carbocycles. The van der Waals surface area contributed by atoms with Crippen molar-refractivity contribution in [2.75, 3.05) is 0 Å². The van der Waals surface area contributed by atoms with Crippen molar-refractivity contribution in [2.24, 2.45) is 0 Å². The van der Waals surface area contributed by atoms with Gasteiger partial charge in [0.1, 0.15) is 0 Å². The lowest BCUT2D eigenvalue weighted by molar-refractivity contribution is -0.686. The molecule has 0 atom stereocenters. The van der Waals surface area contributed by atoms with Gasteiger partial charge in [-0.2, -0.15) is 0 Å². The van der Waals surface area contributed by atoms with Gasteiger partial charge in [-0.15, -0.1) is 0 Å². The maximum atomic E-state index is 4.00. The van der Waals surface area contributed by atoms with E-state index in [2.05, 4.69) is 40.7 Å². The van der Waals surface area contributed by atoms with Crippen molar-refractivity contribution in [3.8, 4) is 11.1 Å². The van der Waals surface area contributed by atoms with Gasteiger partial charge in [0.25, 0.3) is 0 Å². The van der Waals surface area contributed by atoms with Gasteiger partial charge < -0.3 is 12.4 Å². The zero-order chi connectivity index (χ0) is 10.5. The molecule has 0 bridgehead atoms. The first-order valence-corrected chi connectivity index (χ1v) is 4.90. The Labute approximate surface area is 102 Å². The van der Waals surface area contributed by atoms with E-state index in [0.717, 1.165) is 6.54 Å². The minimum Gasteiger partial charge on any atom is -1.00 e. The Morgan fingerprint density at radius 2 is 1.62 bits per heavy atom. The van der Waals surface area contributed by atoms with Gasteiger partial charge in [-0.1, -0.05) is 6.58 Å². The minimum atomic E-state index is 0. The molecule has 0 fully saturated rings. The molecular weight excluding hydrogens is 220 g/mol. The molecule has 0 spiro atoms. The van der Waals surface area contributed by atoms with Crippen molar-refractivity contribution < 1.29 is 17.0 Å². The van der Waals surface area contributed by atoms with Gasteiger partial charge in [-0.25, -0.2) is 4.57 Å². The summed E-state index contributed by atoms with van der Waals surface area (Å²) in [4.78, 5) is 4.00. The first kappa shape index (κ1) is 12.4. The number of nitrogens with zero attached hydrogens (tertiary/aromatic N) is 2. The molecule has 2 aromatic heterocycles. The van der Waals surface area contributed by atoms with Crippen molar-refractivity contribution in [1.29, 1.82) is 0 Å². The molecule has 0 aliphatic heterocycles. The van der Waals surface area contributed by atoms with Crippen LogP contribution in [0.2, 0.25) is 0 Å². The molecule has 0 aromatic carbocycles. The summed E-state index contributed by atoms with van der Waals surface area (Å²) in [6.45, 7) is 4.55. The van der Waals surface area contributed by atoms with E-state index >= 15 is 0 Å². The van der Waals surface area contributed by atoms with E-state index < -0.39 is 0 Å². The first-order valence-electron chi connectivity index (χ1n) is 4.90. The van der Waals surface area contributed by atoms with Crippen molar-refractivity contribution in [3.63, 3.8) is 0 Å². The number of pyridine rings is 2. The van der Waals surface area contributed by atoms with Crippen LogP contribution in [0, 0.1) is 0 Å². The molecule has 0 unspecified atom stereocenters. The lowest BCUT2D eigenvalue weighted by atomic mass is 10.1. The SMILES string of the molecule is C=CC[n+]1ccc(-c2ccncc2)cc1.[Cl-]. The molecule has 2 nitrogen and oxygen atoms in total. The summed E-state index contributed by atoms with van der Waals surface area (Å²) in [7, 11) is 0. The molecule has 2 heterocycles. The molecule has 0 saturated carbocycles. The Bertz CT molecular complexity index is 437. The van der Waals surface area contributed by atoms with Crippen LogP contribution in [0.15, 0.2) is 61.7 Å². The maximum Gasteiger partial charge on any atom is 0.169 e. The van der Waals surface area contributed by atoms with Crippen LogP contribution in [0.25, 0.3) is 11.1 Å². The normalized spacial score (nSPS) is 9.25. The molecule has 82 valence electrons. The summed E-state index contributed by atoms with van der Waals surface area (Å²) in [6, 6.07) is 8.21. The van der Waals surface area contributed by atoms with Crippen LogP contribution < -0.4 is 17.0 Å².